The van der Waals surface area contributed by atoms with Gasteiger partial charge >= 0.3 is 0 Å². The number of imidazole rings is 2. The van der Waals surface area contributed by atoms with Gasteiger partial charge in [0, 0.05) is 17.0 Å². The highest BCUT2D eigenvalue weighted by Crippen LogP contribution is 2.27. The number of fused-ring (bicyclic) bond motifs is 2. The van der Waals surface area contributed by atoms with Crippen LogP contribution < -0.4 is 5.32 Å². The van der Waals surface area contributed by atoms with E-state index in [0.717, 1.165) is 33.8 Å². The van der Waals surface area contributed by atoms with E-state index < -0.39 is 0 Å². The van der Waals surface area contributed by atoms with Crippen molar-refractivity contribution in [2.75, 3.05) is 5.32 Å². The van der Waals surface area contributed by atoms with Gasteiger partial charge in [-0.1, -0.05) is 29.3 Å². The predicted molar refractivity (Wildman–Crippen MR) is 110 cm³/mol. The third kappa shape index (κ3) is 2.93. The van der Waals surface area contributed by atoms with Gasteiger partial charge in [-0.05, 0) is 23.6 Å². The van der Waals surface area contributed by atoms with Gasteiger partial charge in [0.1, 0.15) is 11.3 Å². The summed E-state index contributed by atoms with van der Waals surface area (Å²) in [7, 11) is 0. The molecule has 0 unspecified atom stereocenters. The van der Waals surface area contributed by atoms with Gasteiger partial charge in [0.25, 0.3) is 0 Å². The number of hydrogen-bond acceptors (Lipinski definition) is 5. The van der Waals surface area contributed by atoms with Crippen LogP contribution in [0.15, 0.2) is 47.3 Å². The van der Waals surface area contributed by atoms with Crippen molar-refractivity contribution in [1.82, 2.24) is 24.6 Å². The number of H-pyrrole nitrogens is 1. The van der Waals surface area contributed by atoms with Gasteiger partial charge in [0.05, 0.1) is 34.7 Å². The molecule has 0 aliphatic carbocycles. The van der Waals surface area contributed by atoms with Crippen molar-refractivity contribution in [3.63, 3.8) is 0 Å². The Hall–Kier alpha value is -2.61. The molecule has 9 heteroatoms. The maximum Gasteiger partial charge on any atom is 0.177 e. The summed E-state index contributed by atoms with van der Waals surface area (Å²) < 4.78 is 1.75. The molecular weight excluding hydrogens is 403 g/mol. The Morgan fingerprint density at radius 3 is 2.96 bits per heavy atom. The van der Waals surface area contributed by atoms with E-state index in [-0.39, 0.29) is 0 Å². The van der Waals surface area contributed by atoms with Gasteiger partial charge in [-0.2, -0.15) is 16.4 Å². The van der Waals surface area contributed by atoms with Crippen molar-refractivity contribution < 1.29 is 0 Å². The second-order valence-electron chi connectivity index (χ2n) is 5.94. The lowest BCUT2D eigenvalue weighted by atomic mass is 10.3. The lowest BCUT2D eigenvalue weighted by Gasteiger charge is -2.07. The molecule has 0 fully saturated rings. The summed E-state index contributed by atoms with van der Waals surface area (Å²) in [4.78, 5) is 12.3. The number of nitrogens with one attached hydrogen (secondary N) is 2. The summed E-state index contributed by atoms with van der Waals surface area (Å²) in [5.74, 6) is 0.772. The molecule has 0 aliphatic rings. The van der Waals surface area contributed by atoms with E-state index in [1.54, 1.807) is 28.1 Å². The van der Waals surface area contributed by atoms with Crippen LogP contribution in [0.1, 0.15) is 5.82 Å². The molecule has 2 N–H and O–H groups in total. The molecule has 0 bridgehead atoms. The number of rotatable bonds is 4. The maximum atomic E-state index is 6.24. The number of nitrogens with zero attached hydrogens (tertiary/aromatic N) is 4. The lowest BCUT2D eigenvalue weighted by Crippen LogP contribution is -2.05. The zero-order valence-electron chi connectivity index (χ0n) is 13.8. The largest absolute Gasteiger partial charge is 0.375 e. The minimum atomic E-state index is 0.382. The summed E-state index contributed by atoms with van der Waals surface area (Å²) in [6.07, 6.45) is 1.80. The van der Waals surface area contributed by atoms with E-state index in [1.807, 2.05) is 29.6 Å². The monoisotopic (exact) mass is 414 g/mol. The van der Waals surface area contributed by atoms with Crippen molar-refractivity contribution in [2.24, 2.45) is 0 Å². The molecule has 5 rings (SSSR count). The minimum absolute atomic E-state index is 0.382. The number of anilines is 1. The molecule has 0 radical (unpaired) electrons. The summed E-state index contributed by atoms with van der Waals surface area (Å²) >= 11 is 14.1. The molecule has 0 aliphatic heterocycles. The minimum Gasteiger partial charge on any atom is -0.375 e. The number of hydrogen-bond donors (Lipinski definition) is 2. The molecule has 4 aromatic heterocycles. The summed E-state index contributed by atoms with van der Waals surface area (Å²) in [5, 5.41) is 12.8. The highest BCUT2D eigenvalue weighted by molar-refractivity contribution is 7.08. The summed E-state index contributed by atoms with van der Waals surface area (Å²) in [6.45, 7) is 0.474. The molecule has 27 heavy (non-hydrogen) atoms. The molecule has 6 nitrogen and oxygen atoms in total. The SMILES string of the molecule is Clc1cc(NCc2nc3c(Cl)cccc3[nH]2)c2ncc(-c3ccsc3)n2n1. The second-order valence-corrected chi connectivity index (χ2v) is 7.52. The van der Waals surface area contributed by atoms with Crippen molar-refractivity contribution in [3.05, 3.63) is 63.3 Å². The molecule has 4 heterocycles. The van der Waals surface area contributed by atoms with Crippen LogP contribution in [0.2, 0.25) is 10.2 Å². The van der Waals surface area contributed by atoms with E-state index in [4.69, 9.17) is 23.2 Å². The first-order chi connectivity index (χ1) is 13.2. The number of aromatic amines is 1. The maximum absolute atomic E-state index is 6.24. The molecule has 0 saturated carbocycles. The first-order valence-electron chi connectivity index (χ1n) is 8.13. The standard InChI is InChI=1S/C18H12Cl2N6S/c19-11-2-1-3-12-17(11)24-16(23-12)8-21-13-6-15(20)25-26-14(7-22-18(13)26)10-4-5-27-9-10/h1-7,9,21H,8H2,(H,23,24). The van der Waals surface area contributed by atoms with Crippen LogP contribution in [0.5, 0.6) is 0 Å². The highest BCUT2D eigenvalue weighted by Gasteiger charge is 2.13. The Bertz CT molecular complexity index is 1260. The van der Waals surface area contributed by atoms with Crippen LogP contribution >= 0.6 is 34.5 Å². The number of benzene rings is 1. The van der Waals surface area contributed by atoms with Crippen LogP contribution in [0.3, 0.4) is 0 Å². The topological polar surface area (TPSA) is 70.9 Å². The van der Waals surface area contributed by atoms with E-state index in [1.165, 1.54) is 0 Å². The predicted octanol–water partition coefficient (Wildman–Crippen LogP) is 5.25. The van der Waals surface area contributed by atoms with Gasteiger partial charge in [0.15, 0.2) is 10.8 Å². The Labute approximate surface area is 167 Å². The molecule has 5 aromatic rings. The molecule has 0 spiro atoms. The van der Waals surface area contributed by atoms with E-state index in [9.17, 15) is 0 Å². The van der Waals surface area contributed by atoms with E-state index in [2.05, 4.69) is 30.7 Å². The fourth-order valence-electron chi connectivity index (χ4n) is 2.99. The molecule has 134 valence electrons. The second kappa shape index (κ2) is 6.53. The van der Waals surface area contributed by atoms with Crippen LogP contribution in [0.25, 0.3) is 27.9 Å². The Balaban J connectivity index is 1.50. The number of para-hydroxylation sites is 1. The smallest absolute Gasteiger partial charge is 0.177 e. The van der Waals surface area contributed by atoms with Gasteiger partial charge in [0.2, 0.25) is 0 Å². The van der Waals surface area contributed by atoms with Crippen LogP contribution in [-0.4, -0.2) is 24.6 Å². The highest BCUT2D eigenvalue weighted by atomic mass is 35.5. The third-order valence-corrected chi connectivity index (χ3v) is 5.39. The van der Waals surface area contributed by atoms with Gasteiger partial charge < -0.3 is 10.3 Å². The quantitative estimate of drug-likeness (QED) is 0.421. The molecule has 0 amide bonds. The first-order valence-corrected chi connectivity index (χ1v) is 9.83. The van der Waals surface area contributed by atoms with Crippen LogP contribution in [0.4, 0.5) is 5.69 Å². The van der Waals surface area contributed by atoms with Crippen molar-refractivity contribution in [2.45, 2.75) is 6.54 Å². The Morgan fingerprint density at radius 2 is 2.15 bits per heavy atom. The fraction of sp³-hybridized carbons (Fsp3) is 0.0556. The zero-order valence-corrected chi connectivity index (χ0v) is 16.1. The Kier molecular flexibility index (Phi) is 4.00. The normalized spacial score (nSPS) is 11.5. The molecule has 1 aromatic carbocycles. The first kappa shape index (κ1) is 16.6. The van der Waals surface area contributed by atoms with E-state index in [0.29, 0.717) is 22.4 Å². The number of thiophene rings is 1. The van der Waals surface area contributed by atoms with Crippen molar-refractivity contribution >= 4 is 56.9 Å². The molecular formula is C18H12Cl2N6S. The Morgan fingerprint density at radius 1 is 1.22 bits per heavy atom. The zero-order chi connectivity index (χ0) is 18.4. The van der Waals surface area contributed by atoms with Crippen molar-refractivity contribution in [1.29, 1.82) is 0 Å². The van der Waals surface area contributed by atoms with Gasteiger partial charge in [-0.15, -0.1) is 0 Å². The average Bonchev–Trinajstić information content (AvgIpc) is 3.38. The van der Waals surface area contributed by atoms with Crippen LogP contribution in [-0.2, 0) is 6.54 Å². The van der Waals surface area contributed by atoms with Gasteiger partial charge in [-0.3, -0.25) is 0 Å². The van der Waals surface area contributed by atoms with Gasteiger partial charge in [-0.25, -0.2) is 14.5 Å². The number of aromatic nitrogens is 5. The molecule has 0 atom stereocenters. The van der Waals surface area contributed by atoms with E-state index >= 15 is 0 Å². The summed E-state index contributed by atoms with van der Waals surface area (Å²) in [6, 6.07) is 9.45. The number of halogens is 2. The average molecular weight is 415 g/mol. The lowest BCUT2D eigenvalue weighted by molar-refractivity contribution is 0.936. The molecule has 0 saturated heterocycles. The van der Waals surface area contributed by atoms with Crippen molar-refractivity contribution in [3.8, 4) is 11.3 Å². The summed E-state index contributed by atoms with van der Waals surface area (Å²) in [5.41, 5.74) is 5.09. The van der Waals surface area contributed by atoms with Crippen LogP contribution in [0, 0.1) is 0 Å². The third-order valence-electron chi connectivity index (χ3n) is 4.21. The fourth-order valence-corrected chi connectivity index (χ4v) is 4.04.